The zero-order valence-electron chi connectivity index (χ0n) is 12.0. The lowest BCUT2D eigenvalue weighted by atomic mass is 10.1. The van der Waals surface area contributed by atoms with Crippen LogP contribution in [0.25, 0.3) is 0 Å². The SMILES string of the molecule is Cc1c(Br)cc(S(N)(=O)=O)cc1C(=O)NC(C)CC1CC1. The number of rotatable bonds is 5. The van der Waals surface area contributed by atoms with Gasteiger partial charge in [-0.05, 0) is 43.9 Å². The zero-order chi connectivity index (χ0) is 15.8. The van der Waals surface area contributed by atoms with Crippen molar-refractivity contribution in [2.24, 2.45) is 11.1 Å². The van der Waals surface area contributed by atoms with Crippen molar-refractivity contribution < 1.29 is 13.2 Å². The molecule has 0 spiro atoms. The molecule has 0 radical (unpaired) electrons. The molecule has 0 bridgehead atoms. The van der Waals surface area contributed by atoms with E-state index in [9.17, 15) is 13.2 Å². The smallest absolute Gasteiger partial charge is 0.251 e. The maximum Gasteiger partial charge on any atom is 0.251 e. The summed E-state index contributed by atoms with van der Waals surface area (Å²) in [5.74, 6) is 0.440. The van der Waals surface area contributed by atoms with E-state index < -0.39 is 10.0 Å². The van der Waals surface area contributed by atoms with Crippen LogP contribution in [0.2, 0.25) is 0 Å². The maximum atomic E-state index is 12.3. The van der Waals surface area contributed by atoms with Crippen LogP contribution in [0.15, 0.2) is 21.5 Å². The van der Waals surface area contributed by atoms with Gasteiger partial charge in [0.2, 0.25) is 10.0 Å². The minimum absolute atomic E-state index is 0.0695. The van der Waals surface area contributed by atoms with Crippen molar-refractivity contribution in [3.05, 3.63) is 27.7 Å². The number of hydrogen-bond donors (Lipinski definition) is 2. The first kappa shape index (κ1) is 16.5. The van der Waals surface area contributed by atoms with Crippen LogP contribution >= 0.6 is 15.9 Å². The van der Waals surface area contributed by atoms with Gasteiger partial charge in [-0.2, -0.15) is 0 Å². The molecule has 1 atom stereocenters. The van der Waals surface area contributed by atoms with Crippen LogP contribution in [-0.2, 0) is 10.0 Å². The lowest BCUT2D eigenvalue weighted by Gasteiger charge is -2.15. The molecule has 1 fully saturated rings. The van der Waals surface area contributed by atoms with Gasteiger partial charge >= 0.3 is 0 Å². The Hall–Kier alpha value is -0.920. The monoisotopic (exact) mass is 374 g/mol. The van der Waals surface area contributed by atoms with E-state index in [4.69, 9.17) is 5.14 Å². The summed E-state index contributed by atoms with van der Waals surface area (Å²) in [6.07, 6.45) is 3.41. The van der Waals surface area contributed by atoms with Crippen molar-refractivity contribution in [1.29, 1.82) is 0 Å². The molecule has 1 aliphatic rings. The van der Waals surface area contributed by atoms with E-state index in [-0.39, 0.29) is 16.8 Å². The fraction of sp³-hybridized carbons (Fsp3) is 0.500. The van der Waals surface area contributed by atoms with Gasteiger partial charge in [0.15, 0.2) is 0 Å². The topological polar surface area (TPSA) is 89.3 Å². The quantitative estimate of drug-likeness (QED) is 0.828. The van der Waals surface area contributed by atoms with Gasteiger partial charge in [-0.3, -0.25) is 4.79 Å². The average Bonchev–Trinajstić information content (AvgIpc) is 3.14. The summed E-state index contributed by atoms with van der Waals surface area (Å²) in [5, 5.41) is 8.06. The summed E-state index contributed by atoms with van der Waals surface area (Å²) in [4.78, 5) is 12.3. The van der Waals surface area contributed by atoms with E-state index in [0.717, 1.165) is 6.42 Å². The van der Waals surface area contributed by atoms with Gasteiger partial charge in [-0.25, -0.2) is 13.6 Å². The fourth-order valence-corrected chi connectivity index (χ4v) is 3.44. The molecule has 2 rings (SSSR count). The number of carbonyl (C=O) groups is 1. The highest BCUT2D eigenvalue weighted by Crippen LogP contribution is 2.33. The first-order chi connectivity index (χ1) is 9.68. The number of hydrogen-bond acceptors (Lipinski definition) is 3. The normalized spacial score (nSPS) is 16.6. The Bertz CT molecular complexity index is 669. The van der Waals surface area contributed by atoms with Crippen LogP contribution in [0.5, 0.6) is 0 Å². The summed E-state index contributed by atoms with van der Waals surface area (Å²) in [7, 11) is -3.85. The van der Waals surface area contributed by atoms with Crippen molar-refractivity contribution in [1.82, 2.24) is 5.32 Å². The van der Waals surface area contributed by atoms with Crippen LogP contribution in [0.3, 0.4) is 0 Å². The van der Waals surface area contributed by atoms with Crippen LogP contribution in [0.1, 0.15) is 42.1 Å². The summed E-state index contributed by atoms with van der Waals surface area (Å²) in [6.45, 7) is 3.72. The zero-order valence-corrected chi connectivity index (χ0v) is 14.4. The molecular weight excluding hydrogens is 356 g/mol. The van der Waals surface area contributed by atoms with Crippen LogP contribution < -0.4 is 10.5 Å². The van der Waals surface area contributed by atoms with E-state index in [1.165, 1.54) is 25.0 Å². The van der Waals surface area contributed by atoms with Crippen molar-refractivity contribution in [2.45, 2.75) is 44.0 Å². The Morgan fingerprint density at radius 3 is 2.62 bits per heavy atom. The second kappa shape index (κ2) is 6.06. The maximum absolute atomic E-state index is 12.3. The number of nitrogens with one attached hydrogen (secondary N) is 1. The molecule has 0 aliphatic heterocycles. The van der Waals surface area contributed by atoms with Crippen molar-refractivity contribution in [3.8, 4) is 0 Å². The molecule has 116 valence electrons. The molecule has 1 aromatic carbocycles. The number of amides is 1. The summed E-state index contributed by atoms with van der Waals surface area (Å²) < 4.78 is 23.5. The van der Waals surface area contributed by atoms with Gasteiger partial charge in [0.25, 0.3) is 5.91 Å². The Labute approximate surface area is 133 Å². The first-order valence-corrected chi connectivity index (χ1v) is 9.16. The summed E-state index contributed by atoms with van der Waals surface area (Å²) in [6, 6.07) is 2.81. The number of primary sulfonamides is 1. The van der Waals surface area contributed by atoms with E-state index in [0.29, 0.717) is 21.5 Å². The Balaban J connectivity index is 2.24. The number of carbonyl (C=O) groups excluding carboxylic acids is 1. The van der Waals surface area contributed by atoms with E-state index in [1.54, 1.807) is 6.92 Å². The third-order valence-corrected chi connectivity index (χ3v) is 5.37. The third-order valence-electron chi connectivity index (χ3n) is 3.65. The van der Waals surface area contributed by atoms with Gasteiger partial charge in [0.1, 0.15) is 0 Å². The van der Waals surface area contributed by atoms with E-state index in [2.05, 4.69) is 21.2 Å². The first-order valence-electron chi connectivity index (χ1n) is 6.82. The van der Waals surface area contributed by atoms with Gasteiger partial charge in [-0.1, -0.05) is 28.8 Å². The minimum Gasteiger partial charge on any atom is -0.350 e. The standard InChI is InChI=1S/C14H19BrN2O3S/c1-8(5-10-3-4-10)17-14(18)12-6-11(21(16,19)20)7-13(15)9(12)2/h6-8,10H,3-5H2,1-2H3,(H,17,18)(H2,16,19,20). The number of benzene rings is 1. The number of nitrogens with two attached hydrogens (primary N) is 1. The lowest BCUT2D eigenvalue weighted by Crippen LogP contribution is -2.33. The predicted molar refractivity (Wildman–Crippen MR) is 84.5 cm³/mol. The molecule has 1 aliphatic carbocycles. The van der Waals surface area contributed by atoms with E-state index in [1.807, 2.05) is 6.92 Å². The van der Waals surface area contributed by atoms with Crippen LogP contribution in [-0.4, -0.2) is 20.4 Å². The third kappa shape index (κ3) is 4.28. The molecule has 1 aromatic rings. The highest BCUT2D eigenvalue weighted by molar-refractivity contribution is 9.10. The van der Waals surface area contributed by atoms with Gasteiger partial charge < -0.3 is 5.32 Å². The minimum atomic E-state index is -3.85. The largest absolute Gasteiger partial charge is 0.350 e. The molecule has 1 amide bonds. The van der Waals surface area contributed by atoms with Crippen LogP contribution in [0.4, 0.5) is 0 Å². The van der Waals surface area contributed by atoms with Crippen molar-refractivity contribution >= 4 is 31.9 Å². The molecule has 1 saturated carbocycles. The van der Waals surface area contributed by atoms with Gasteiger partial charge in [-0.15, -0.1) is 0 Å². The molecule has 7 heteroatoms. The Morgan fingerprint density at radius 1 is 1.48 bits per heavy atom. The molecular formula is C14H19BrN2O3S. The number of sulfonamides is 1. The molecule has 0 heterocycles. The van der Waals surface area contributed by atoms with Gasteiger partial charge in [0, 0.05) is 16.1 Å². The second-order valence-corrected chi connectivity index (χ2v) is 8.09. The predicted octanol–water partition coefficient (Wildman–Crippen LogP) is 2.32. The van der Waals surface area contributed by atoms with E-state index >= 15 is 0 Å². The summed E-state index contributed by atoms with van der Waals surface area (Å²) in [5.41, 5.74) is 1.02. The Kier molecular flexibility index (Phi) is 4.75. The molecule has 5 nitrogen and oxygen atoms in total. The fourth-order valence-electron chi connectivity index (χ4n) is 2.27. The van der Waals surface area contributed by atoms with Crippen molar-refractivity contribution in [2.75, 3.05) is 0 Å². The highest BCUT2D eigenvalue weighted by Gasteiger charge is 2.25. The molecule has 0 aromatic heterocycles. The molecule has 1 unspecified atom stereocenters. The van der Waals surface area contributed by atoms with Crippen LogP contribution in [0, 0.1) is 12.8 Å². The lowest BCUT2D eigenvalue weighted by molar-refractivity contribution is 0.0936. The Morgan fingerprint density at radius 2 is 2.10 bits per heavy atom. The highest BCUT2D eigenvalue weighted by atomic mass is 79.9. The van der Waals surface area contributed by atoms with Gasteiger partial charge in [0.05, 0.1) is 4.90 Å². The number of halogens is 1. The molecule has 0 saturated heterocycles. The second-order valence-electron chi connectivity index (χ2n) is 5.68. The molecule has 3 N–H and O–H groups in total. The van der Waals surface area contributed by atoms with Crippen molar-refractivity contribution in [3.63, 3.8) is 0 Å². The summed E-state index contributed by atoms with van der Waals surface area (Å²) >= 11 is 3.27. The average molecular weight is 375 g/mol. The molecule has 21 heavy (non-hydrogen) atoms.